The van der Waals surface area contributed by atoms with E-state index in [-0.39, 0.29) is 12.1 Å². The minimum atomic E-state index is -4.42. The summed E-state index contributed by atoms with van der Waals surface area (Å²) in [5, 5.41) is 0. The predicted molar refractivity (Wildman–Crippen MR) is 99.1 cm³/mol. The Morgan fingerprint density at radius 2 is 1.55 bits per heavy atom. The highest BCUT2D eigenvalue weighted by molar-refractivity contribution is 5.33. The van der Waals surface area contributed by atoms with E-state index in [0.717, 1.165) is 30.8 Å². The van der Waals surface area contributed by atoms with Crippen molar-refractivity contribution in [3.8, 4) is 0 Å². The first-order chi connectivity index (χ1) is 13.8. The topological polar surface area (TPSA) is 8.17 Å². The van der Waals surface area contributed by atoms with E-state index in [9.17, 15) is 22.0 Å². The van der Waals surface area contributed by atoms with Gasteiger partial charge in [0.2, 0.25) is 0 Å². The monoisotopic (exact) mass is 406 g/mol. The fourth-order valence-corrected chi connectivity index (χ4v) is 3.93. The minimum Gasteiger partial charge on any atom is -0.350 e. The van der Waals surface area contributed by atoms with Gasteiger partial charge in [-0.25, -0.2) is 8.78 Å². The molecular formula is C22H19F5N2. The quantitative estimate of drug-likeness (QED) is 0.501. The number of benzene rings is 2. The zero-order valence-corrected chi connectivity index (χ0v) is 15.5. The number of alkyl halides is 3. The molecule has 1 unspecified atom stereocenters. The molecule has 2 nitrogen and oxygen atoms in total. The van der Waals surface area contributed by atoms with Gasteiger partial charge in [0.1, 0.15) is 11.6 Å². The van der Waals surface area contributed by atoms with E-state index in [1.54, 1.807) is 0 Å². The molecule has 29 heavy (non-hydrogen) atoms. The number of fused-ring (bicyclic) bond motifs is 1. The van der Waals surface area contributed by atoms with Crippen molar-refractivity contribution in [3.05, 3.63) is 94.8 Å². The van der Waals surface area contributed by atoms with Crippen LogP contribution in [0.2, 0.25) is 0 Å². The van der Waals surface area contributed by atoms with Crippen LogP contribution in [-0.2, 0) is 19.3 Å². The molecule has 7 heteroatoms. The van der Waals surface area contributed by atoms with Crippen LogP contribution in [0, 0.1) is 11.6 Å². The first-order valence-corrected chi connectivity index (χ1v) is 9.34. The normalized spacial score (nSPS) is 17.8. The van der Waals surface area contributed by atoms with Crippen LogP contribution in [0.15, 0.2) is 60.8 Å². The molecule has 2 heterocycles. The Kier molecular flexibility index (Phi) is 5.17. The Balaban J connectivity index is 1.75. The molecule has 2 aromatic carbocycles. The maximum atomic E-state index is 14.3. The number of aryl methyl sites for hydroxylation is 1. The van der Waals surface area contributed by atoms with Gasteiger partial charge in [0.15, 0.2) is 0 Å². The van der Waals surface area contributed by atoms with Gasteiger partial charge in [0.05, 0.1) is 11.6 Å². The Morgan fingerprint density at radius 3 is 2.21 bits per heavy atom. The van der Waals surface area contributed by atoms with E-state index in [4.69, 9.17) is 0 Å². The second kappa shape index (κ2) is 7.63. The smallest absolute Gasteiger partial charge is 0.350 e. The molecule has 0 amide bonds. The summed E-state index contributed by atoms with van der Waals surface area (Å²) in [6, 6.07) is 12.1. The van der Waals surface area contributed by atoms with Gasteiger partial charge in [-0.3, -0.25) is 4.90 Å². The van der Waals surface area contributed by atoms with Crippen molar-refractivity contribution < 1.29 is 22.0 Å². The van der Waals surface area contributed by atoms with Crippen LogP contribution in [0.5, 0.6) is 0 Å². The molecule has 0 saturated heterocycles. The van der Waals surface area contributed by atoms with Gasteiger partial charge >= 0.3 is 6.18 Å². The average molecular weight is 406 g/mol. The minimum absolute atomic E-state index is 0.0232. The molecule has 0 radical (unpaired) electrons. The Morgan fingerprint density at radius 1 is 0.862 bits per heavy atom. The Hall–Kier alpha value is -2.67. The van der Waals surface area contributed by atoms with E-state index in [2.05, 4.69) is 0 Å². The lowest BCUT2D eigenvalue weighted by atomic mass is 9.99. The van der Waals surface area contributed by atoms with Crippen molar-refractivity contribution in [2.45, 2.75) is 31.7 Å². The van der Waals surface area contributed by atoms with Gasteiger partial charge in [-0.15, -0.1) is 0 Å². The molecule has 152 valence electrons. The highest BCUT2D eigenvalue weighted by Crippen LogP contribution is 2.36. The zero-order valence-electron chi connectivity index (χ0n) is 15.5. The number of hydrogen-bond acceptors (Lipinski definition) is 1. The maximum absolute atomic E-state index is 14.3. The summed E-state index contributed by atoms with van der Waals surface area (Å²) in [7, 11) is 0. The third kappa shape index (κ3) is 3.92. The molecule has 1 aliphatic heterocycles. The third-order valence-electron chi connectivity index (χ3n) is 5.33. The molecular weight excluding hydrogens is 387 g/mol. The molecule has 1 aromatic heterocycles. The number of aromatic nitrogens is 1. The van der Waals surface area contributed by atoms with Gasteiger partial charge in [0.25, 0.3) is 0 Å². The molecule has 1 atom stereocenters. The SMILES string of the molecule is Fc1cccc(F)c1CN1CCCn2cccc2C1c1ccc(C(F)(F)F)cc1. The molecule has 4 rings (SSSR count). The number of nitrogens with zero attached hydrogens (tertiary/aromatic N) is 2. The third-order valence-corrected chi connectivity index (χ3v) is 5.33. The van der Waals surface area contributed by atoms with Crippen LogP contribution in [-0.4, -0.2) is 16.0 Å². The van der Waals surface area contributed by atoms with Gasteiger partial charge in [0, 0.05) is 37.1 Å². The van der Waals surface area contributed by atoms with Crippen LogP contribution in [0.3, 0.4) is 0 Å². The lowest BCUT2D eigenvalue weighted by Crippen LogP contribution is -2.30. The summed E-state index contributed by atoms with van der Waals surface area (Å²) in [5.41, 5.74) is 0.775. The number of halogens is 5. The second-order valence-corrected chi connectivity index (χ2v) is 7.17. The largest absolute Gasteiger partial charge is 0.416 e. The van der Waals surface area contributed by atoms with Gasteiger partial charge in [-0.05, 0) is 48.4 Å². The van der Waals surface area contributed by atoms with E-state index in [0.29, 0.717) is 12.1 Å². The molecule has 0 spiro atoms. The first kappa shape index (κ1) is 19.6. The summed E-state index contributed by atoms with van der Waals surface area (Å²) >= 11 is 0. The predicted octanol–water partition coefficient (Wildman–Crippen LogP) is 5.78. The van der Waals surface area contributed by atoms with Crippen LogP contribution < -0.4 is 0 Å². The van der Waals surface area contributed by atoms with Crippen LogP contribution in [0.1, 0.15) is 34.8 Å². The summed E-state index contributed by atoms with van der Waals surface area (Å²) in [6.45, 7) is 1.31. The van der Waals surface area contributed by atoms with E-state index in [1.807, 2.05) is 27.8 Å². The second-order valence-electron chi connectivity index (χ2n) is 7.17. The maximum Gasteiger partial charge on any atom is 0.416 e. The van der Waals surface area contributed by atoms with Crippen molar-refractivity contribution in [3.63, 3.8) is 0 Å². The van der Waals surface area contributed by atoms with Crippen molar-refractivity contribution in [2.75, 3.05) is 6.54 Å². The number of hydrogen-bond donors (Lipinski definition) is 0. The van der Waals surface area contributed by atoms with Crippen LogP contribution >= 0.6 is 0 Å². The van der Waals surface area contributed by atoms with Crippen molar-refractivity contribution in [2.24, 2.45) is 0 Å². The Labute approximate surface area is 165 Å². The molecule has 1 aliphatic rings. The fraction of sp³-hybridized carbons (Fsp3) is 0.273. The molecule has 0 N–H and O–H groups in total. The summed E-state index contributed by atoms with van der Waals surface area (Å²) in [4.78, 5) is 1.92. The summed E-state index contributed by atoms with van der Waals surface area (Å²) < 4.78 is 69.5. The van der Waals surface area contributed by atoms with Gasteiger partial charge < -0.3 is 4.57 Å². The highest BCUT2D eigenvalue weighted by Gasteiger charge is 2.32. The molecule has 0 bridgehead atoms. The van der Waals surface area contributed by atoms with Gasteiger partial charge in [-0.2, -0.15) is 13.2 Å². The van der Waals surface area contributed by atoms with Crippen LogP contribution in [0.25, 0.3) is 0 Å². The van der Waals surface area contributed by atoms with Crippen molar-refractivity contribution in [1.82, 2.24) is 9.47 Å². The standard InChI is InChI=1S/C22H19F5N2/c23-18-4-1-5-19(24)17(18)14-29-13-3-12-28-11-2-6-20(28)21(29)15-7-9-16(10-8-15)22(25,26)27/h1-2,4-11,21H,3,12-14H2. The summed E-state index contributed by atoms with van der Waals surface area (Å²) in [6.07, 6.45) is -1.74. The fourth-order valence-electron chi connectivity index (χ4n) is 3.93. The average Bonchev–Trinajstić information content (AvgIpc) is 3.05. The Bertz CT molecular complexity index is 971. The molecule has 3 aromatic rings. The van der Waals surface area contributed by atoms with E-state index >= 15 is 0 Å². The lowest BCUT2D eigenvalue weighted by Gasteiger charge is -2.31. The molecule has 0 saturated carbocycles. The molecule has 0 aliphatic carbocycles. The van der Waals surface area contributed by atoms with Gasteiger partial charge in [-0.1, -0.05) is 18.2 Å². The van der Waals surface area contributed by atoms with Crippen LogP contribution in [0.4, 0.5) is 22.0 Å². The van der Waals surface area contributed by atoms with Crippen molar-refractivity contribution in [1.29, 1.82) is 0 Å². The number of rotatable bonds is 3. The highest BCUT2D eigenvalue weighted by atomic mass is 19.4. The summed E-state index contributed by atoms with van der Waals surface area (Å²) in [5.74, 6) is -1.26. The lowest BCUT2D eigenvalue weighted by molar-refractivity contribution is -0.137. The van der Waals surface area contributed by atoms with E-state index < -0.39 is 29.4 Å². The molecule has 0 fully saturated rings. The van der Waals surface area contributed by atoms with E-state index in [1.165, 1.54) is 30.3 Å². The zero-order chi connectivity index (χ0) is 20.6. The van der Waals surface area contributed by atoms with Crippen molar-refractivity contribution >= 4 is 0 Å². The first-order valence-electron chi connectivity index (χ1n) is 9.34.